The monoisotopic (exact) mass is 350 g/mol. The number of ether oxygens (including phenoxy) is 1. The van der Waals surface area contributed by atoms with Gasteiger partial charge in [0.1, 0.15) is 0 Å². The van der Waals surface area contributed by atoms with Gasteiger partial charge in [0.25, 0.3) is 0 Å². The summed E-state index contributed by atoms with van der Waals surface area (Å²) in [6.45, 7) is 7.93. The molecule has 5 atom stereocenters. The van der Waals surface area contributed by atoms with Crippen molar-refractivity contribution in [3.05, 3.63) is 11.6 Å². The Labute approximate surface area is 151 Å². The molecule has 4 heteroatoms. The van der Waals surface area contributed by atoms with Crippen LogP contribution in [-0.2, 0) is 9.53 Å². The minimum atomic E-state index is -0.883. The Morgan fingerprint density at radius 2 is 1.88 bits per heavy atom. The number of esters is 1. The Balaban J connectivity index is 1.99. The van der Waals surface area contributed by atoms with Gasteiger partial charge < -0.3 is 14.9 Å². The molecule has 0 spiro atoms. The highest BCUT2D eigenvalue weighted by Crippen LogP contribution is 2.64. The number of methoxy groups -OCH3 is 1. The average Bonchev–Trinajstić information content (AvgIpc) is 2.52. The maximum absolute atomic E-state index is 12.6. The smallest absolute Gasteiger partial charge is 0.311 e. The summed E-state index contributed by atoms with van der Waals surface area (Å²) >= 11 is 0. The van der Waals surface area contributed by atoms with Crippen LogP contribution in [0.3, 0.4) is 0 Å². The first-order valence-electron chi connectivity index (χ1n) is 9.73. The van der Waals surface area contributed by atoms with E-state index in [9.17, 15) is 15.0 Å². The second-order valence-electron chi connectivity index (χ2n) is 9.67. The fraction of sp³-hybridized carbons (Fsp3) is 0.857. The van der Waals surface area contributed by atoms with E-state index in [-0.39, 0.29) is 23.2 Å². The molecule has 142 valence electrons. The number of carbonyl (C=O) groups is 1. The predicted molar refractivity (Wildman–Crippen MR) is 96.9 cm³/mol. The van der Waals surface area contributed by atoms with E-state index in [1.165, 1.54) is 7.11 Å². The Morgan fingerprint density at radius 1 is 1.20 bits per heavy atom. The van der Waals surface area contributed by atoms with Crippen molar-refractivity contribution in [1.82, 2.24) is 0 Å². The number of hydrogen-bond acceptors (Lipinski definition) is 4. The fourth-order valence-corrected chi connectivity index (χ4v) is 6.49. The van der Waals surface area contributed by atoms with Gasteiger partial charge in [-0.25, -0.2) is 0 Å². The van der Waals surface area contributed by atoms with E-state index >= 15 is 0 Å². The zero-order chi connectivity index (χ0) is 18.7. The van der Waals surface area contributed by atoms with E-state index in [4.69, 9.17) is 4.74 Å². The molecule has 4 nitrogen and oxygen atoms in total. The van der Waals surface area contributed by atoms with E-state index in [0.717, 1.165) is 44.1 Å². The highest BCUT2D eigenvalue weighted by molar-refractivity contribution is 5.77. The first kappa shape index (κ1) is 18.9. The summed E-state index contributed by atoms with van der Waals surface area (Å²) in [6.07, 6.45) is 8.03. The molecule has 0 aromatic heterocycles. The molecule has 0 aromatic carbocycles. The molecule has 2 N–H and O–H groups in total. The molecule has 0 heterocycles. The number of aliphatic hydroxyl groups is 2. The average molecular weight is 350 g/mol. The Morgan fingerprint density at radius 3 is 2.48 bits per heavy atom. The topological polar surface area (TPSA) is 66.8 Å². The van der Waals surface area contributed by atoms with Crippen LogP contribution in [-0.4, -0.2) is 34.5 Å². The second-order valence-corrected chi connectivity index (χ2v) is 9.67. The van der Waals surface area contributed by atoms with E-state index in [1.54, 1.807) is 13.8 Å². The van der Waals surface area contributed by atoms with Gasteiger partial charge in [0, 0.05) is 0 Å². The van der Waals surface area contributed by atoms with Gasteiger partial charge in [0.15, 0.2) is 0 Å². The zero-order valence-corrected chi connectivity index (χ0v) is 16.4. The lowest BCUT2D eigenvalue weighted by Gasteiger charge is -2.62. The molecular weight excluding hydrogens is 316 g/mol. The van der Waals surface area contributed by atoms with E-state index in [0.29, 0.717) is 6.42 Å². The number of carbonyl (C=O) groups excluding carboxylic acids is 1. The molecule has 25 heavy (non-hydrogen) atoms. The first-order valence-corrected chi connectivity index (χ1v) is 9.73. The SMILES string of the molecule is COC(=O)C1(C)CCCC2(C)C3CCC(C(C)(C)O)=CC3(O)CCC12. The van der Waals surface area contributed by atoms with Gasteiger partial charge in [-0.1, -0.05) is 19.4 Å². The molecule has 2 saturated carbocycles. The Kier molecular flexibility index (Phi) is 4.40. The van der Waals surface area contributed by atoms with Crippen molar-refractivity contribution in [1.29, 1.82) is 0 Å². The molecule has 3 rings (SSSR count). The molecule has 3 aliphatic rings. The van der Waals surface area contributed by atoms with Gasteiger partial charge in [-0.2, -0.15) is 0 Å². The fourth-order valence-electron chi connectivity index (χ4n) is 6.49. The molecule has 0 aliphatic heterocycles. The molecule has 2 fully saturated rings. The van der Waals surface area contributed by atoms with Gasteiger partial charge >= 0.3 is 5.97 Å². The summed E-state index contributed by atoms with van der Waals surface area (Å²) in [4.78, 5) is 12.6. The van der Waals surface area contributed by atoms with Crippen molar-refractivity contribution in [2.24, 2.45) is 22.7 Å². The summed E-state index contributed by atoms with van der Waals surface area (Å²) in [7, 11) is 1.48. The van der Waals surface area contributed by atoms with Crippen molar-refractivity contribution in [2.45, 2.75) is 83.8 Å². The van der Waals surface area contributed by atoms with Gasteiger partial charge in [-0.15, -0.1) is 0 Å². The van der Waals surface area contributed by atoms with Crippen LogP contribution in [0, 0.1) is 22.7 Å². The zero-order valence-electron chi connectivity index (χ0n) is 16.4. The lowest BCUT2D eigenvalue weighted by Crippen LogP contribution is -2.61. The van der Waals surface area contributed by atoms with E-state index in [1.807, 2.05) is 6.08 Å². The molecule has 0 aromatic rings. The van der Waals surface area contributed by atoms with Crippen LogP contribution < -0.4 is 0 Å². The summed E-state index contributed by atoms with van der Waals surface area (Å²) in [6, 6.07) is 0. The quantitative estimate of drug-likeness (QED) is 0.590. The van der Waals surface area contributed by atoms with Crippen LogP contribution in [0.5, 0.6) is 0 Å². The molecule has 0 radical (unpaired) electrons. The van der Waals surface area contributed by atoms with Gasteiger partial charge in [0.05, 0.1) is 23.7 Å². The summed E-state index contributed by atoms with van der Waals surface area (Å²) < 4.78 is 5.16. The van der Waals surface area contributed by atoms with Crippen molar-refractivity contribution < 1.29 is 19.7 Å². The van der Waals surface area contributed by atoms with Gasteiger partial charge in [0.2, 0.25) is 0 Å². The first-order chi connectivity index (χ1) is 11.5. The number of rotatable bonds is 2. The Hall–Kier alpha value is -0.870. The summed E-state index contributed by atoms with van der Waals surface area (Å²) in [5, 5.41) is 21.9. The largest absolute Gasteiger partial charge is 0.469 e. The van der Waals surface area contributed by atoms with Crippen molar-refractivity contribution in [3.63, 3.8) is 0 Å². The molecular formula is C21H34O4. The lowest BCUT2D eigenvalue weighted by atomic mass is 9.43. The highest BCUT2D eigenvalue weighted by Gasteiger charge is 2.62. The third-order valence-electron chi connectivity index (χ3n) is 7.77. The molecule has 3 aliphatic carbocycles. The van der Waals surface area contributed by atoms with Crippen molar-refractivity contribution >= 4 is 5.97 Å². The van der Waals surface area contributed by atoms with Gasteiger partial charge in [-0.3, -0.25) is 4.79 Å². The maximum atomic E-state index is 12.6. The van der Waals surface area contributed by atoms with Crippen LogP contribution in [0.1, 0.15) is 72.6 Å². The molecule has 0 amide bonds. The number of fused-ring (bicyclic) bond motifs is 3. The minimum absolute atomic E-state index is 0.0736. The van der Waals surface area contributed by atoms with Crippen LogP contribution >= 0.6 is 0 Å². The molecule has 0 bridgehead atoms. The third-order valence-corrected chi connectivity index (χ3v) is 7.77. The van der Waals surface area contributed by atoms with Crippen LogP contribution in [0.15, 0.2) is 11.6 Å². The summed E-state index contributed by atoms with van der Waals surface area (Å²) in [5.74, 6) is 0.273. The van der Waals surface area contributed by atoms with E-state index in [2.05, 4.69) is 13.8 Å². The Bertz CT molecular complexity index is 589. The highest BCUT2D eigenvalue weighted by atomic mass is 16.5. The standard InChI is InChI=1S/C21H34O4/c1-18(2,23)14-7-8-16-19(3)10-6-11-20(4,17(22)25-5)15(19)9-12-21(16,24)13-14/h13,15-16,23-24H,6-12H2,1-5H3. The predicted octanol–water partition coefficient (Wildman–Crippen LogP) is 3.60. The van der Waals surface area contributed by atoms with E-state index < -0.39 is 16.6 Å². The molecule has 0 saturated heterocycles. The van der Waals surface area contributed by atoms with Crippen molar-refractivity contribution in [2.75, 3.05) is 7.11 Å². The summed E-state index contributed by atoms with van der Waals surface area (Å²) in [5.41, 5.74) is -1.34. The minimum Gasteiger partial charge on any atom is -0.469 e. The normalized spacial score (nSPS) is 44.4. The maximum Gasteiger partial charge on any atom is 0.311 e. The van der Waals surface area contributed by atoms with Crippen LogP contribution in [0.4, 0.5) is 0 Å². The van der Waals surface area contributed by atoms with Crippen molar-refractivity contribution in [3.8, 4) is 0 Å². The van der Waals surface area contributed by atoms with Crippen LogP contribution in [0.25, 0.3) is 0 Å². The molecule has 5 unspecified atom stereocenters. The number of hydrogen-bond donors (Lipinski definition) is 2. The third kappa shape index (κ3) is 2.76. The second kappa shape index (κ2) is 5.82. The van der Waals surface area contributed by atoms with Crippen LogP contribution in [0.2, 0.25) is 0 Å². The van der Waals surface area contributed by atoms with Gasteiger partial charge in [-0.05, 0) is 82.1 Å². The lowest BCUT2D eigenvalue weighted by molar-refractivity contribution is -0.189.